The first-order chi connectivity index (χ1) is 8.44. The van der Waals surface area contributed by atoms with Crippen molar-refractivity contribution in [1.82, 2.24) is 10.6 Å². The van der Waals surface area contributed by atoms with Crippen LogP contribution in [0.25, 0.3) is 0 Å². The summed E-state index contributed by atoms with van der Waals surface area (Å²) in [5.41, 5.74) is -0.0443. The van der Waals surface area contributed by atoms with Crippen LogP contribution >= 0.6 is 0 Å². The molecular weight excluding hydrogens is 228 g/mol. The van der Waals surface area contributed by atoms with E-state index in [1.165, 1.54) is 19.3 Å². The Morgan fingerprint density at radius 3 is 2.61 bits per heavy atom. The average Bonchev–Trinajstić information content (AvgIpc) is 2.22. The fraction of sp³-hybridized carbons (Fsp3) is 0.929. The van der Waals surface area contributed by atoms with Gasteiger partial charge in [0.05, 0.1) is 0 Å². The van der Waals surface area contributed by atoms with Crippen LogP contribution in [0.2, 0.25) is 0 Å². The van der Waals surface area contributed by atoms with Crippen molar-refractivity contribution in [3.05, 3.63) is 0 Å². The molecule has 0 aromatic rings. The standard InChI is InChI=1S/C14H28N2O2/c1-11(12-6-4-7-12)16-13(18)15-9-5-8-14(2,3)10-17/h11-12,17H,4-10H2,1-3H3,(H2,15,16,18). The molecule has 1 rings (SSSR count). The molecule has 1 saturated carbocycles. The quantitative estimate of drug-likeness (QED) is 0.612. The number of carbonyl (C=O) groups is 1. The number of aliphatic hydroxyl groups excluding tert-OH is 1. The molecule has 0 aliphatic heterocycles. The van der Waals surface area contributed by atoms with E-state index in [1.54, 1.807) is 0 Å². The molecule has 0 radical (unpaired) electrons. The van der Waals surface area contributed by atoms with E-state index in [1.807, 2.05) is 13.8 Å². The summed E-state index contributed by atoms with van der Waals surface area (Å²) in [6.07, 6.45) is 5.60. The van der Waals surface area contributed by atoms with E-state index in [9.17, 15) is 4.79 Å². The van der Waals surface area contributed by atoms with Crippen LogP contribution in [0.5, 0.6) is 0 Å². The third kappa shape index (κ3) is 5.25. The third-order valence-corrected chi connectivity index (χ3v) is 3.96. The highest BCUT2D eigenvalue weighted by atomic mass is 16.3. The molecule has 2 amide bonds. The van der Waals surface area contributed by atoms with Gasteiger partial charge >= 0.3 is 6.03 Å². The van der Waals surface area contributed by atoms with Gasteiger partial charge in [0.15, 0.2) is 0 Å². The zero-order valence-corrected chi connectivity index (χ0v) is 12.0. The molecule has 1 fully saturated rings. The Morgan fingerprint density at radius 1 is 1.44 bits per heavy atom. The number of aliphatic hydroxyl groups is 1. The Balaban J connectivity index is 2.06. The van der Waals surface area contributed by atoms with Gasteiger partial charge in [0.1, 0.15) is 0 Å². The van der Waals surface area contributed by atoms with Crippen LogP contribution in [0.1, 0.15) is 52.9 Å². The molecule has 0 aromatic carbocycles. The van der Waals surface area contributed by atoms with Gasteiger partial charge in [-0.05, 0) is 43.9 Å². The number of nitrogens with one attached hydrogen (secondary N) is 2. The zero-order chi connectivity index (χ0) is 13.6. The summed E-state index contributed by atoms with van der Waals surface area (Å²) in [5.74, 6) is 0.670. The highest BCUT2D eigenvalue weighted by Crippen LogP contribution is 2.29. The second kappa shape index (κ2) is 6.98. The molecule has 106 valence electrons. The highest BCUT2D eigenvalue weighted by molar-refractivity contribution is 5.74. The average molecular weight is 256 g/mol. The Bertz CT molecular complexity index is 263. The van der Waals surface area contributed by atoms with E-state index in [0.29, 0.717) is 12.5 Å². The van der Waals surface area contributed by atoms with Crippen LogP contribution in [0.4, 0.5) is 4.79 Å². The first-order valence-corrected chi connectivity index (χ1v) is 7.10. The Kier molecular flexibility index (Phi) is 5.93. The van der Waals surface area contributed by atoms with E-state index in [-0.39, 0.29) is 24.1 Å². The number of rotatable bonds is 7. The van der Waals surface area contributed by atoms with Gasteiger partial charge in [-0.15, -0.1) is 0 Å². The maximum Gasteiger partial charge on any atom is 0.315 e. The number of carbonyl (C=O) groups excluding carboxylic acids is 1. The van der Waals surface area contributed by atoms with Crippen molar-refractivity contribution in [1.29, 1.82) is 0 Å². The summed E-state index contributed by atoms with van der Waals surface area (Å²) >= 11 is 0. The van der Waals surface area contributed by atoms with Crippen molar-refractivity contribution >= 4 is 6.03 Å². The maximum atomic E-state index is 11.6. The molecule has 0 spiro atoms. The van der Waals surface area contributed by atoms with Gasteiger partial charge in [-0.25, -0.2) is 4.79 Å². The first kappa shape index (κ1) is 15.3. The first-order valence-electron chi connectivity index (χ1n) is 7.10. The fourth-order valence-corrected chi connectivity index (χ4v) is 2.16. The van der Waals surface area contributed by atoms with Gasteiger partial charge in [0.2, 0.25) is 0 Å². The van der Waals surface area contributed by atoms with Crippen LogP contribution < -0.4 is 10.6 Å². The van der Waals surface area contributed by atoms with Crippen LogP contribution in [0, 0.1) is 11.3 Å². The molecule has 4 nitrogen and oxygen atoms in total. The molecule has 1 atom stereocenters. The maximum absolute atomic E-state index is 11.6. The molecule has 3 N–H and O–H groups in total. The minimum Gasteiger partial charge on any atom is -0.396 e. The van der Waals surface area contributed by atoms with Crippen LogP contribution in [-0.2, 0) is 0 Å². The number of urea groups is 1. The van der Waals surface area contributed by atoms with Crippen molar-refractivity contribution in [3.8, 4) is 0 Å². The minimum atomic E-state index is -0.0591. The van der Waals surface area contributed by atoms with Gasteiger partial charge < -0.3 is 15.7 Å². The molecule has 1 unspecified atom stereocenters. The van der Waals surface area contributed by atoms with E-state index >= 15 is 0 Å². The molecule has 1 aliphatic rings. The second-order valence-electron chi connectivity index (χ2n) is 6.31. The van der Waals surface area contributed by atoms with Gasteiger partial charge in [-0.2, -0.15) is 0 Å². The lowest BCUT2D eigenvalue weighted by Crippen LogP contribution is -2.45. The highest BCUT2D eigenvalue weighted by Gasteiger charge is 2.24. The Morgan fingerprint density at radius 2 is 2.11 bits per heavy atom. The summed E-state index contributed by atoms with van der Waals surface area (Å²) in [6.45, 7) is 7.01. The van der Waals surface area contributed by atoms with Crippen molar-refractivity contribution < 1.29 is 9.90 Å². The number of amides is 2. The molecule has 4 heteroatoms. The van der Waals surface area contributed by atoms with E-state index in [2.05, 4.69) is 17.6 Å². The molecule has 1 aliphatic carbocycles. The van der Waals surface area contributed by atoms with E-state index in [4.69, 9.17) is 5.11 Å². The largest absolute Gasteiger partial charge is 0.396 e. The monoisotopic (exact) mass is 256 g/mol. The van der Waals surface area contributed by atoms with Crippen LogP contribution in [0.15, 0.2) is 0 Å². The van der Waals surface area contributed by atoms with E-state index < -0.39 is 0 Å². The molecule has 0 bridgehead atoms. The van der Waals surface area contributed by atoms with Gasteiger partial charge in [0, 0.05) is 19.2 Å². The SMILES string of the molecule is CC(NC(=O)NCCCC(C)(C)CO)C1CCC1. The second-order valence-corrected chi connectivity index (χ2v) is 6.31. The van der Waals surface area contributed by atoms with E-state index in [0.717, 1.165) is 12.8 Å². The van der Waals surface area contributed by atoms with Gasteiger partial charge in [0.25, 0.3) is 0 Å². The lowest BCUT2D eigenvalue weighted by atomic mass is 9.80. The molecule has 0 heterocycles. The van der Waals surface area contributed by atoms with Gasteiger partial charge in [-0.1, -0.05) is 20.3 Å². The Labute approximate surface area is 111 Å². The normalized spacial score (nSPS) is 18.0. The molecule has 0 aromatic heterocycles. The molecular formula is C14H28N2O2. The van der Waals surface area contributed by atoms with Crippen molar-refractivity contribution in [2.24, 2.45) is 11.3 Å². The minimum absolute atomic E-state index is 0.0443. The lowest BCUT2D eigenvalue weighted by Gasteiger charge is -2.31. The summed E-state index contributed by atoms with van der Waals surface area (Å²) in [5, 5.41) is 15.0. The smallest absolute Gasteiger partial charge is 0.315 e. The Hall–Kier alpha value is -0.770. The summed E-state index contributed by atoms with van der Waals surface area (Å²) in [7, 11) is 0. The van der Waals surface area contributed by atoms with Crippen LogP contribution in [0.3, 0.4) is 0 Å². The fourth-order valence-electron chi connectivity index (χ4n) is 2.16. The van der Waals surface area contributed by atoms with Crippen molar-refractivity contribution in [2.45, 2.75) is 58.9 Å². The zero-order valence-electron chi connectivity index (χ0n) is 12.0. The molecule has 18 heavy (non-hydrogen) atoms. The summed E-state index contributed by atoms with van der Waals surface area (Å²) < 4.78 is 0. The number of hydrogen-bond acceptors (Lipinski definition) is 2. The van der Waals surface area contributed by atoms with Crippen LogP contribution in [-0.4, -0.2) is 30.3 Å². The predicted octanol–water partition coefficient (Wildman–Crippen LogP) is 2.27. The lowest BCUT2D eigenvalue weighted by molar-refractivity contribution is 0.148. The third-order valence-electron chi connectivity index (χ3n) is 3.96. The summed E-state index contributed by atoms with van der Waals surface area (Å²) in [6, 6.07) is 0.226. The predicted molar refractivity (Wildman–Crippen MR) is 73.4 cm³/mol. The number of hydrogen-bond donors (Lipinski definition) is 3. The van der Waals surface area contributed by atoms with Crippen molar-refractivity contribution in [3.63, 3.8) is 0 Å². The molecule has 0 saturated heterocycles. The topological polar surface area (TPSA) is 61.4 Å². The summed E-state index contributed by atoms with van der Waals surface area (Å²) in [4.78, 5) is 11.6. The van der Waals surface area contributed by atoms with Crippen molar-refractivity contribution in [2.75, 3.05) is 13.2 Å². The van der Waals surface area contributed by atoms with Gasteiger partial charge in [-0.3, -0.25) is 0 Å².